The Morgan fingerprint density at radius 1 is 1.28 bits per heavy atom. The maximum atomic E-state index is 13.9. The molecule has 1 N–H and O–H groups in total. The topological polar surface area (TPSA) is 59.9 Å². The first-order valence-electron chi connectivity index (χ1n) is 8.74. The highest BCUT2D eigenvalue weighted by Gasteiger charge is 2.31. The van der Waals surface area contributed by atoms with Gasteiger partial charge in [0.2, 0.25) is 6.10 Å². The lowest BCUT2D eigenvalue weighted by molar-refractivity contribution is -0.137. The molecule has 0 saturated carbocycles. The van der Waals surface area contributed by atoms with Crippen molar-refractivity contribution in [3.05, 3.63) is 65.0 Å². The van der Waals surface area contributed by atoms with Crippen LogP contribution < -0.4 is 10.1 Å². The Morgan fingerprint density at radius 2 is 2.07 bits per heavy atom. The van der Waals surface area contributed by atoms with E-state index in [-0.39, 0.29) is 18.5 Å². The van der Waals surface area contributed by atoms with Crippen LogP contribution in [0.15, 0.2) is 47.6 Å². The van der Waals surface area contributed by atoms with Crippen molar-refractivity contribution in [1.29, 1.82) is 0 Å². The standard InChI is InChI=1S/C20H18F4N2O3/c1-28-16-4-2-3-12(8-16)7-15-10-18(29-26-15)19(27)25-11-13-5-6-14(9-17(13)21)20(22,23)24/h2-6,8-9,18H,7,10-11H2,1H3,(H,25,27)/t18-/m1/s1. The van der Waals surface area contributed by atoms with E-state index >= 15 is 0 Å². The van der Waals surface area contributed by atoms with Crippen LogP contribution in [0.2, 0.25) is 0 Å². The first-order valence-corrected chi connectivity index (χ1v) is 8.74. The van der Waals surface area contributed by atoms with Crippen molar-refractivity contribution in [3.63, 3.8) is 0 Å². The third-order valence-electron chi connectivity index (χ3n) is 4.40. The summed E-state index contributed by atoms with van der Waals surface area (Å²) >= 11 is 0. The molecular weight excluding hydrogens is 392 g/mol. The van der Waals surface area contributed by atoms with Gasteiger partial charge in [0.15, 0.2) is 0 Å². The minimum Gasteiger partial charge on any atom is -0.497 e. The minimum atomic E-state index is -4.63. The van der Waals surface area contributed by atoms with Gasteiger partial charge in [0.05, 0.1) is 18.4 Å². The second-order valence-electron chi connectivity index (χ2n) is 6.51. The molecule has 0 bridgehead atoms. The SMILES string of the molecule is COc1cccc(CC2=NO[C@@H](C(=O)NCc3ccc(C(F)(F)F)cc3F)C2)c1. The Hall–Kier alpha value is -3.10. The van der Waals surface area contributed by atoms with Gasteiger partial charge in [-0.25, -0.2) is 4.39 Å². The summed E-state index contributed by atoms with van der Waals surface area (Å²) in [5.41, 5.74) is 0.473. The zero-order valence-electron chi connectivity index (χ0n) is 15.4. The Morgan fingerprint density at radius 3 is 2.76 bits per heavy atom. The van der Waals surface area contributed by atoms with E-state index in [4.69, 9.17) is 9.57 Å². The molecule has 1 amide bonds. The van der Waals surface area contributed by atoms with Crippen LogP contribution in [0.3, 0.4) is 0 Å². The van der Waals surface area contributed by atoms with E-state index in [0.29, 0.717) is 23.9 Å². The van der Waals surface area contributed by atoms with Gasteiger partial charge in [-0.1, -0.05) is 23.4 Å². The maximum absolute atomic E-state index is 13.9. The van der Waals surface area contributed by atoms with Crippen LogP contribution in [-0.2, 0) is 28.8 Å². The molecule has 0 spiro atoms. The third-order valence-corrected chi connectivity index (χ3v) is 4.40. The number of hydrogen-bond donors (Lipinski definition) is 1. The zero-order chi connectivity index (χ0) is 21.0. The molecular formula is C20H18F4N2O3. The van der Waals surface area contributed by atoms with Gasteiger partial charge in [0.25, 0.3) is 5.91 Å². The predicted molar refractivity (Wildman–Crippen MR) is 96.9 cm³/mol. The van der Waals surface area contributed by atoms with Crippen LogP contribution in [-0.4, -0.2) is 24.8 Å². The number of carbonyl (C=O) groups is 1. The predicted octanol–water partition coefficient (Wildman–Crippen LogP) is 3.86. The number of halogens is 4. The van der Waals surface area contributed by atoms with E-state index in [0.717, 1.165) is 17.7 Å². The molecule has 0 unspecified atom stereocenters. The van der Waals surface area contributed by atoms with Gasteiger partial charge in [-0.15, -0.1) is 0 Å². The fraction of sp³-hybridized carbons (Fsp3) is 0.300. The number of benzene rings is 2. The number of methoxy groups -OCH3 is 1. The van der Waals surface area contributed by atoms with Gasteiger partial charge in [-0.05, 0) is 29.8 Å². The number of hydrogen-bond acceptors (Lipinski definition) is 4. The molecule has 3 rings (SSSR count). The number of amides is 1. The number of nitrogens with zero attached hydrogens (tertiary/aromatic N) is 1. The highest BCUT2D eigenvalue weighted by Crippen LogP contribution is 2.30. The fourth-order valence-corrected chi connectivity index (χ4v) is 2.85. The summed E-state index contributed by atoms with van der Waals surface area (Å²) in [7, 11) is 1.56. The molecule has 0 fully saturated rings. The Labute approximate surface area is 164 Å². The molecule has 9 heteroatoms. The fourth-order valence-electron chi connectivity index (χ4n) is 2.85. The van der Waals surface area contributed by atoms with Crippen molar-refractivity contribution < 1.29 is 31.9 Å². The van der Waals surface area contributed by atoms with Crippen molar-refractivity contribution in [2.75, 3.05) is 7.11 Å². The second kappa shape index (κ2) is 8.50. The highest BCUT2D eigenvalue weighted by molar-refractivity contribution is 5.93. The van der Waals surface area contributed by atoms with Crippen LogP contribution in [0.5, 0.6) is 5.75 Å². The van der Waals surface area contributed by atoms with Crippen molar-refractivity contribution in [1.82, 2.24) is 5.32 Å². The average Bonchev–Trinajstić information content (AvgIpc) is 3.14. The number of carbonyl (C=O) groups excluding carboxylic acids is 1. The largest absolute Gasteiger partial charge is 0.497 e. The van der Waals surface area contributed by atoms with E-state index in [1.54, 1.807) is 7.11 Å². The number of ether oxygens (including phenoxy) is 1. The molecule has 0 aliphatic carbocycles. The lowest BCUT2D eigenvalue weighted by atomic mass is 10.0. The molecule has 0 aromatic heterocycles. The van der Waals surface area contributed by atoms with Crippen LogP contribution >= 0.6 is 0 Å². The van der Waals surface area contributed by atoms with E-state index in [1.165, 1.54) is 0 Å². The Bertz CT molecular complexity index is 928. The molecule has 5 nitrogen and oxygen atoms in total. The molecule has 1 aliphatic heterocycles. The molecule has 0 radical (unpaired) electrons. The summed E-state index contributed by atoms with van der Waals surface area (Å²) in [6, 6.07) is 9.57. The van der Waals surface area contributed by atoms with E-state index in [9.17, 15) is 22.4 Å². The van der Waals surface area contributed by atoms with Crippen molar-refractivity contribution in [2.45, 2.75) is 31.7 Å². The normalized spacial score (nSPS) is 16.2. The maximum Gasteiger partial charge on any atom is 0.416 e. The summed E-state index contributed by atoms with van der Waals surface area (Å²) in [6.07, 6.45) is -4.75. The quantitative estimate of drug-likeness (QED) is 0.736. The summed E-state index contributed by atoms with van der Waals surface area (Å²) in [6.45, 7) is -0.256. The van der Waals surface area contributed by atoms with Gasteiger partial charge in [0.1, 0.15) is 11.6 Å². The number of nitrogens with one attached hydrogen (secondary N) is 1. The molecule has 29 heavy (non-hydrogen) atoms. The summed E-state index contributed by atoms with van der Waals surface area (Å²) < 4.78 is 56.8. The van der Waals surface area contributed by atoms with Gasteiger partial charge in [0, 0.05) is 24.9 Å². The Kier molecular flexibility index (Phi) is 6.05. The molecule has 2 aromatic rings. The lowest BCUT2D eigenvalue weighted by Crippen LogP contribution is -2.34. The third kappa shape index (κ3) is 5.24. The smallest absolute Gasteiger partial charge is 0.416 e. The second-order valence-corrected chi connectivity index (χ2v) is 6.51. The molecule has 1 aliphatic rings. The average molecular weight is 410 g/mol. The zero-order valence-corrected chi connectivity index (χ0v) is 15.4. The Balaban J connectivity index is 1.52. The van der Waals surface area contributed by atoms with E-state index in [1.807, 2.05) is 24.3 Å². The first-order chi connectivity index (χ1) is 13.8. The van der Waals surface area contributed by atoms with Crippen LogP contribution in [0.4, 0.5) is 17.6 Å². The summed E-state index contributed by atoms with van der Waals surface area (Å²) in [5, 5.41) is 6.38. The van der Waals surface area contributed by atoms with Gasteiger partial charge >= 0.3 is 6.18 Å². The van der Waals surface area contributed by atoms with Crippen molar-refractivity contribution in [3.8, 4) is 5.75 Å². The lowest BCUT2D eigenvalue weighted by Gasteiger charge is -2.12. The number of alkyl halides is 3. The molecule has 1 heterocycles. The molecule has 2 aromatic carbocycles. The summed E-state index contributed by atoms with van der Waals surface area (Å²) in [4.78, 5) is 17.4. The number of oxime groups is 1. The van der Waals surface area contributed by atoms with Crippen LogP contribution in [0.1, 0.15) is 23.1 Å². The van der Waals surface area contributed by atoms with E-state index in [2.05, 4.69) is 10.5 Å². The monoisotopic (exact) mass is 410 g/mol. The van der Waals surface area contributed by atoms with Crippen LogP contribution in [0.25, 0.3) is 0 Å². The van der Waals surface area contributed by atoms with Crippen molar-refractivity contribution >= 4 is 11.6 Å². The van der Waals surface area contributed by atoms with E-state index < -0.39 is 29.6 Å². The van der Waals surface area contributed by atoms with Gasteiger partial charge in [-0.2, -0.15) is 13.2 Å². The van der Waals surface area contributed by atoms with Gasteiger partial charge in [-0.3, -0.25) is 4.79 Å². The molecule has 1 atom stereocenters. The van der Waals surface area contributed by atoms with Gasteiger partial charge < -0.3 is 14.9 Å². The molecule has 154 valence electrons. The minimum absolute atomic E-state index is 0.0538. The highest BCUT2D eigenvalue weighted by atomic mass is 19.4. The molecule has 0 saturated heterocycles. The van der Waals surface area contributed by atoms with Crippen LogP contribution in [0, 0.1) is 5.82 Å². The summed E-state index contributed by atoms with van der Waals surface area (Å²) in [5.74, 6) is -0.856. The first kappa shape index (κ1) is 20.6. The van der Waals surface area contributed by atoms with Crippen molar-refractivity contribution in [2.24, 2.45) is 5.16 Å². The number of rotatable bonds is 6.